The molecule has 0 saturated heterocycles. The minimum absolute atomic E-state index is 0.691. The molecule has 2 N–H and O–H groups in total. The monoisotopic (exact) mass is 233 g/mol. The second-order valence-electron chi connectivity index (χ2n) is 3.53. The van der Waals surface area contributed by atoms with Crippen molar-refractivity contribution in [2.75, 3.05) is 5.73 Å². The van der Waals surface area contributed by atoms with Crippen molar-refractivity contribution in [1.29, 1.82) is 0 Å². The van der Waals surface area contributed by atoms with Crippen LogP contribution in [0, 0.1) is 6.92 Å². The summed E-state index contributed by atoms with van der Waals surface area (Å²) in [5.41, 5.74) is 7.47. The fourth-order valence-corrected chi connectivity index (χ4v) is 1.50. The van der Waals surface area contributed by atoms with Crippen LogP contribution in [-0.2, 0) is 0 Å². The van der Waals surface area contributed by atoms with Gasteiger partial charge in [-0.2, -0.15) is 0 Å². The summed E-state index contributed by atoms with van der Waals surface area (Å²) in [6.45, 7) is 1.93. The van der Waals surface area contributed by atoms with Gasteiger partial charge in [-0.3, -0.25) is 0 Å². The zero-order valence-electron chi connectivity index (χ0n) is 8.91. The van der Waals surface area contributed by atoms with Crippen LogP contribution in [0.2, 0.25) is 5.02 Å². The van der Waals surface area contributed by atoms with E-state index >= 15 is 0 Å². The van der Waals surface area contributed by atoms with Crippen LogP contribution in [-0.4, -0.2) is 0 Å². The van der Waals surface area contributed by atoms with Crippen molar-refractivity contribution in [2.45, 2.75) is 6.92 Å². The smallest absolute Gasteiger partial charge is 0.132 e. The lowest BCUT2D eigenvalue weighted by molar-refractivity contribution is 0.479. The lowest BCUT2D eigenvalue weighted by Crippen LogP contribution is -1.93. The number of hydrogen-bond acceptors (Lipinski definition) is 2. The average Bonchev–Trinajstić information content (AvgIpc) is 2.28. The molecule has 0 heterocycles. The topological polar surface area (TPSA) is 35.2 Å². The molecule has 0 radical (unpaired) electrons. The van der Waals surface area contributed by atoms with E-state index in [0.717, 1.165) is 22.7 Å². The van der Waals surface area contributed by atoms with Crippen LogP contribution in [0.1, 0.15) is 5.56 Å². The number of halogens is 1. The molecule has 0 bridgehead atoms. The first-order valence-electron chi connectivity index (χ1n) is 4.95. The van der Waals surface area contributed by atoms with Crippen molar-refractivity contribution >= 4 is 17.3 Å². The lowest BCUT2D eigenvalue weighted by Gasteiger charge is -2.10. The molecule has 2 aromatic carbocycles. The van der Waals surface area contributed by atoms with Gasteiger partial charge < -0.3 is 10.5 Å². The summed E-state index contributed by atoms with van der Waals surface area (Å²) in [4.78, 5) is 0. The number of nitrogens with two attached hydrogens (primary N) is 1. The number of hydrogen-bond donors (Lipinski definition) is 1. The van der Waals surface area contributed by atoms with Crippen molar-refractivity contribution in [1.82, 2.24) is 0 Å². The molecule has 0 saturated carbocycles. The highest BCUT2D eigenvalue weighted by Gasteiger charge is 2.03. The van der Waals surface area contributed by atoms with Crippen LogP contribution in [0.5, 0.6) is 11.5 Å². The standard InChI is InChI=1S/C13H12ClNO/c1-9-12(15)3-2-4-13(9)16-11-7-5-10(14)6-8-11/h2-8H,15H2,1H3. The second-order valence-corrected chi connectivity index (χ2v) is 3.96. The Kier molecular flexibility index (Phi) is 3.02. The van der Waals surface area contributed by atoms with Crippen LogP contribution >= 0.6 is 11.6 Å². The van der Waals surface area contributed by atoms with E-state index in [1.807, 2.05) is 37.3 Å². The molecule has 0 aliphatic rings. The van der Waals surface area contributed by atoms with Crippen molar-refractivity contribution < 1.29 is 4.74 Å². The van der Waals surface area contributed by atoms with Crippen molar-refractivity contribution in [3.63, 3.8) is 0 Å². The SMILES string of the molecule is Cc1c(N)cccc1Oc1ccc(Cl)cc1. The van der Waals surface area contributed by atoms with E-state index in [1.165, 1.54) is 0 Å². The van der Waals surface area contributed by atoms with E-state index in [2.05, 4.69) is 0 Å². The summed E-state index contributed by atoms with van der Waals surface area (Å²) in [5.74, 6) is 1.51. The molecular weight excluding hydrogens is 222 g/mol. The number of benzene rings is 2. The van der Waals surface area contributed by atoms with Crippen LogP contribution in [0.3, 0.4) is 0 Å². The maximum Gasteiger partial charge on any atom is 0.132 e. The fourth-order valence-electron chi connectivity index (χ4n) is 1.37. The molecule has 0 aliphatic heterocycles. The Hall–Kier alpha value is -1.67. The minimum atomic E-state index is 0.691. The molecule has 16 heavy (non-hydrogen) atoms. The van der Waals surface area contributed by atoms with Gasteiger partial charge in [0.15, 0.2) is 0 Å². The summed E-state index contributed by atoms with van der Waals surface area (Å²) in [6, 6.07) is 12.8. The van der Waals surface area contributed by atoms with E-state index in [4.69, 9.17) is 22.1 Å². The first-order valence-corrected chi connectivity index (χ1v) is 5.33. The Labute approximate surface area is 99.6 Å². The Balaban J connectivity index is 2.27. The maximum atomic E-state index is 5.80. The molecule has 0 spiro atoms. The van der Waals surface area contributed by atoms with E-state index in [0.29, 0.717) is 5.02 Å². The molecule has 0 aromatic heterocycles. The number of anilines is 1. The molecular formula is C13H12ClNO. The van der Waals surface area contributed by atoms with Crippen LogP contribution < -0.4 is 10.5 Å². The van der Waals surface area contributed by atoms with E-state index in [9.17, 15) is 0 Å². The van der Waals surface area contributed by atoms with Crippen LogP contribution in [0.15, 0.2) is 42.5 Å². The summed E-state index contributed by atoms with van der Waals surface area (Å²) >= 11 is 5.80. The summed E-state index contributed by atoms with van der Waals surface area (Å²) in [7, 11) is 0. The second kappa shape index (κ2) is 4.45. The van der Waals surface area contributed by atoms with Gasteiger partial charge in [-0.25, -0.2) is 0 Å². The molecule has 0 unspecified atom stereocenters. The third-order valence-electron chi connectivity index (χ3n) is 2.37. The molecule has 0 amide bonds. The highest BCUT2D eigenvalue weighted by atomic mass is 35.5. The zero-order valence-corrected chi connectivity index (χ0v) is 9.66. The molecule has 0 aliphatic carbocycles. The minimum Gasteiger partial charge on any atom is -0.457 e. The Bertz CT molecular complexity index is 494. The Morgan fingerprint density at radius 1 is 1.06 bits per heavy atom. The Morgan fingerprint density at radius 3 is 2.44 bits per heavy atom. The van der Waals surface area contributed by atoms with Gasteiger partial charge >= 0.3 is 0 Å². The van der Waals surface area contributed by atoms with Crippen molar-refractivity contribution in [2.24, 2.45) is 0 Å². The quantitative estimate of drug-likeness (QED) is 0.795. The van der Waals surface area contributed by atoms with Crippen molar-refractivity contribution in [3.8, 4) is 11.5 Å². The maximum absolute atomic E-state index is 5.80. The first kappa shape index (κ1) is 10.8. The van der Waals surface area contributed by atoms with Crippen LogP contribution in [0.25, 0.3) is 0 Å². The normalized spacial score (nSPS) is 10.1. The van der Waals surface area contributed by atoms with Crippen LogP contribution in [0.4, 0.5) is 5.69 Å². The molecule has 0 fully saturated rings. The highest BCUT2D eigenvalue weighted by molar-refractivity contribution is 6.30. The molecule has 0 atom stereocenters. The summed E-state index contributed by atoms with van der Waals surface area (Å²) in [5, 5.41) is 0.691. The van der Waals surface area contributed by atoms with Gasteiger partial charge in [0.1, 0.15) is 11.5 Å². The van der Waals surface area contributed by atoms with Gasteiger partial charge in [0.2, 0.25) is 0 Å². The van der Waals surface area contributed by atoms with Gasteiger partial charge in [0.25, 0.3) is 0 Å². The highest BCUT2D eigenvalue weighted by Crippen LogP contribution is 2.28. The predicted molar refractivity (Wildman–Crippen MR) is 67.1 cm³/mol. The number of nitrogen functional groups attached to an aromatic ring is 1. The van der Waals surface area contributed by atoms with Crippen molar-refractivity contribution in [3.05, 3.63) is 53.1 Å². The predicted octanol–water partition coefficient (Wildman–Crippen LogP) is 4.02. The van der Waals surface area contributed by atoms with Gasteiger partial charge in [-0.1, -0.05) is 17.7 Å². The van der Waals surface area contributed by atoms with E-state index in [-0.39, 0.29) is 0 Å². The molecule has 2 nitrogen and oxygen atoms in total. The molecule has 2 rings (SSSR count). The van der Waals surface area contributed by atoms with Gasteiger partial charge in [0, 0.05) is 16.3 Å². The third-order valence-corrected chi connectivity index (χ3v) is 2.62. The lowest BCUT2D eigenvalue weighted by atomic mass is 10.2. The van der Waals surface area contributed by atoms with E-state index < -0.39 is 0 Å². The molecule has 2 aromatic rings. The van der Waals surface area contributed by atoms with Gasteiger partial charge in [-0.05, 0) is 43.3 Å². The number of rotatable bonds is 2. The average molecular weight is 234 g/mol. The first-order chi connectivity index (χ1) is 7.66. The van der Waals surface area contributed by atoms with Gasteiger partial charge in [-0.15, -0.1) is 0 Å². The molecule has 82 valence electrons. The zero-order chi connectivity index (χ0) is 11.5. The molecule has 3 heteroatoms. The van der Waals surface area contributed by atoms with E-state index in [1.54, 1.807) is 12.1 Å². The largest absolute Gasteiger partial charge is 0.457 e. The van der Waals surface area contributed by atoms with Gasteiger partial charge in [0.05, 0.1) is 0 Å². The Morgan fingerprint density at radius 2 is 1.75 bits per heavy atom. The number of ether oxygens (including phenoxy) is 1. The summed E-state index contributed by atoms with van der Waals surface area (Å²) < 4.78 is 5.71. The summed E-state index contributed by atoms with van der Waals surface area (Å²) in [6.07, 6.45) is 0. The fraction of sp³-hybridized carbons (Fsp3) is 0.0769. The third kappa shape index (κ3) is 2.28.